The summed E-state index contributed by atoms with van der Waals surface area (Å²) in [7, 11) is 0. The fraction of sp³-hybridized carbons (Fsp3) is 0.571. The molecular formula is C21H32N4O2. The summed E-state index contributed by atoms with van der Waals surface area (Å²) in [6, 6.07) is 9.00. The van der Waals surface area contributed by atoms with E-state index in [2.05, 4.69) is 49.3 Å². The maximum Gasteiger partial charge on any atom is 0.191 e. The predicted molar refractivity (Wildman–Crippen MR) is 110 cm³/mol. The van der Waals surface area contributed by atoms with Crippen LogP contribution in [0.5, 0.6) is 0 Å². The number of fused-ring (bicyclic) bond motifs is 1. The Morgan fingerprint density at radius 3 is 2.89 bits per heavy atom. The molecule has 1 aromatic heterocycles. The summed E-state index contributed by atoms with van der Waals surface area (Å²) < 4.78 is 11.5. The molecule has 148 valence electrons. The van der Waals surface area contributed by atoms with Gasteiger partial charge in [0.2, 0.25) is 0 Å². The van der Waals surface area contributed by atoms with Gasteiger partial charge in [0, 0.05) is 42.7 Å². The van der Waals surface area contributed by atoms with Gasteiger partial charge < -0.3 is 19.8 Å². The average molecular weight is 373 g/mol. The Hall–Kier alpha value is -2.05. The number of hydrogen-bond donors (Lipinski definition) is 2. The highest BCUT2D eigenvalue weighted by atomic mass is 16.5. The van der Waals surface area contributed by atoms with Crippen molar-refractivity contribution >= 4 is 16.9 Å². The molecule has 0 aliphatic carbocycles. The minimum Gasteiger partial charge on any atom is -0.459 e. The minimum absolute atomic E-state index is 0.417. The van der Waals surface area contributed by atoms with Crippen molar-refractivity contribution in [2.45, 2.75) is 46.3 Å². The summed E-state index contributed by atoms with van der Waals surface area (Å²) in [5.74, 6) is 1.74. The Morgan fingerprint density at radius 1 is 1.33 bits per heavy atom. The van der Waals surface area contributed by atoms with Gasteiger partial charge in [-0.3, -0.25) is 4.90 Å². The van der Waals surface area contributed by atoms with Gasteiger partial charge in [-0.15, -0.1) is 0 Å². The van der Waals surface area contributed by atoms with E-state index in [0.29, 0.717) is 18.6 Å². The first-order chi connectivity index (χ1) is 13.1. The van der Waals surface area contributed by atoms with Gasteiger partial charge in [0.15, 0.2) is 5.96 Å². The van der Waals surface area contributed by atoms with Crippen LogP contribution in [0.2, 0.25) is 0 Å². The number of furan rings is 1. The fourth-order valence-electron chi connectivity index (χ4n) is 3.62. The summed E-state index contributed by atoms with van der Waals surface area (Å²) in [5, 5.41) is 7.97. The molecule has 0 amide bonds. The topological polar surface area (TPSA) is 62.0 Å². The zero-order valence-corrected chi connectivity index (χ0v) is 16.9. The molecule has 2 aromatic rings. The lowest BCUT2D eigenvalue weighted by Gasteiger charge is -2.38. The third-order valence-corrected chi connectivity index (χ3v) is 5.22. The molecule has 0 bridgehead atoms. The molecule has 2 heterocycles. The van der Waals surface area contributed by atoms with E-state index in [4.69, 9.17) is 14.1 Å². The first kappa shape index (κ1) is 19.7. The van der Waals surface area contributed by atoms with E-state index in [1.165, 1.54) is 5.56 Å². The number of aryl methyl sites for hydroxylation is 1. The van der Waals surface area contributed by atoms with Crippen molar-refractivity contribution in [3.63, 3.8) is 0 Å². The van der Waals surface area contributed by atoms with Crippen LogP contribution < -0.4 is 10.6 Å². The molecule has 6 nitrogen and oxygen atoms in total. The first-order valence-electron chi connectivity index (χ1n) is 9.92. The van der Waals surface area contributed by atoms with Gasteiger partial charge in [-0.1, -0.05) is 18.2 Å². The number of aliphatic imine (C=N–C) groups is 1. The van der Waals surface area contributed by atoms with E-state index in [-0.39, 0.29) is 0 Å². The number of nitrogens with one attached hydrogen (secondary N) is 2. The SMILES string of the molecule is CCNC(=NCc1oc2ccccc2c1C)NCC(C)N1CCOCC1C. The van der Waals surface area contributed by atoms with Crippen molar-refractivity contribution in [1.82, 2.24) is 15.5 Å². The Morgan fingerprint density at radius 2 is 2.15 bits per heavy atom. The van der Waals surface area contributed by atoms with E-state index in [0.717, 1.165) is 55.5 Å². The number of nitrogens with zero attached hydrogens (tertiary/aromatic N) is 2. The van der Waals surface area contributed by atoms with Crippen molar-refractivity contribution < 1.29 is 9.15 Å². The zero-order valence-electron chi connectivity index (χ0n) is 16.9. The Labute approximate surface area is 162 Å². The van der Waals surface area contributed by atoms with Crippen LogP contribution in [0.4, 0.5) is 0 Å². The van der Waals surface area contributed by atoms with Crippen LogP contribution in [0.3, 0.4) is 0 Å². The van der Waals surface area contributed by atoms with Crippen LogP contribution in [0.25, 0.3) is 11.0 Å². The van der Waals surface area contributed by atoms with Crippen molar-refractivity contribution in [3.8, 4) is 0 Å². The third-order valence-electron chi connectivity index (χ3n) is 5.22. The number of benzene rings is 1. The van der Waals surface area contributed by atoms with Crippen LogP contribution in [-0.2, 0) is 11.3 Å². The summed E-state index contributed by atoms with van der Waals surface area (Å²) >= 11 is 0. The van der Waals surface area contributed by atoms with Gasteiger partial charge in [0.25, 0.3) is 0 Å². The lowest BCUT2D eigenvalue weighted by molar-refractivity contribution is -0.0174. The van der Waals surface area contributed by atoms with Crippen LogP contribution in [0, 0.1) is 6.92 Å². The molecule has 0 saturated carbocycles. The largest absolute Gasteiger partial charge is 0.459 e. The molecule has 3 rings (SSSR count). The summed E-state index contributed by atoms with van der Waals surface area (Å²) in [5.41, 5.74) is 2.09. The standard InChI is InChI=1S/C21H32N4O2/c1-5-22-21(23-12-15(2)25-10-11-26-14-16(25)3)24-13-20-17(4)18-8-6-7-9-19(18)27-20/h6-9,15-16H,5,10-14H2,1-4H3,(H2,22,23,24). The Bertz CT molecular complexity index is 771. The molecule has 1 aliphatic heterocycles. The second-order valence-electron chi connectivity index (χ2n) is 7.23. The minimum atomic E-state index is 0.417. The molecule has 2 unspecified atom stereocenters. The maximum absolute atomic E-state index is 5.98. The number of morpholine rings is 1. The Balaban J connectivity index is 1.62. The number of guanidine groups is 1. The molecule has 1 aromatic carbocycles. The molecule has 27 heavy (non-hydrogen) atoms. The van der Waals surface area contributed by atoms with E-state index in [1.807, 2.05) is 18.2 Å². The van der Waals surface area contributed by atoms with E-state index >= 15 is 0 Å². The second-order valence-corrected chi connectivity index (χ2v) is 7.23. The number of rotatable bonds is 6. The highest BCUT2D eigenvalue weighted by molar-refractivity contribution is 5.82. The quantitative estimate of drug-likeness (QED) is 0.603. The fourth-order valence-corrected chi connectivity index (χ4v) is 3.62. The summed E-state index contributed by atoms with van der Waals surface area (Å²) in [6.45, 7) is 13.5. The third kappa shape index (κ3) is 4.82. The van der Waals surface area contributed by atoms with Crippen LogP contribution in [0.15, 0.2) is 33.7 Å². The van der Waals surface area contributed by atoms with Crippen molar-refractivity contribution in [2.75, 3.05) is 32.8 Å². The molecule has 0 radical (unpaired) electrons. The lowest BCUT2D eigenvalue weighted by Crippen LogP contribution is -2.53. The maximum atomic E-state index is 5.98. The van der Waals surface area contributed by atoms with Gasteiger partial charge in [0.1, 0.15) is 17.9 Å². The van der Waals surface area contributed by atoms with Crippen molar-refractivity contribution in [2.24, 2.45) is 4.99 Å². The van der Waals surface area contributed by atoms with Crippen molar-refractivity contribution in [1.29, 1.82) is 0 Å². The lowest BCUT2D eigenvalue weighted by atomic mass is 10.1. The Kier molecular flexibility index (Phi) is 6.74. The normalized spacial score (nSPS) is 20.0. The van der Waals surface area contributed by atoms with E-state index < -0.39 is 0 Å². The molecule has 1 fully saturated rings. The average Bonchev–Trinajstić information content (AvgIpc) is 3.00. The smallest absolute Gasteiger partial charge is 0.191 e. The number of hydrogen-bond acceptors (Lipinski definition) is 4. The molecule has 1 saturated heterocycles. The molecular weight excluding hydrogens is 340 g/mol. The van der Waals surface area contributed by atoms with Gasteiger partial charge in [0.05, 0.1) is 13.2 Å². The number of ether oxygens (including phenoxy) is 1. The van der Waals surface area contributed by atoms with Gasteiger partial charge in [-0.2, -0.15) is 0 Å². The highest BCUT2D eigenvalue weighted by Gasteiger charge is 2.23. The molecule has 2 atom stereocenters. The van der Waals surface area contributed by atoms with Crippen LogP contribution >= 0.6 is 0 Å². The monoisotopic (exact) mass is 372 g/mol. The predicted octanol–water partition coefficient (Wildman–Crippen LogP) is 2.91. The summed E-state index contributed by atoms with van der Waals surface area (Å²) in [6.07, 6.45) is 0. The van der Waals surface area contributed by atoms with Crippen molar-refractivity contribution in [3.05, 3.63) is 35.6 Å². The van der Waals surface area contributed by atoms with E-state index in [1.54, 1.807) is 0 Å². The summed E-state index contributed by atoms with van der Waals surface area (Å²) in [4.78, 5) is 7.22. The zero-order chi connectivity index (χ0) is 19.2. The number of para-hydroxylation sites is 1. The van der Waals surface area contributed by atoms with Crippen LogP contribution in [-0.4, -0.2) is 55.8 Å². The highest BCUT2D eigenvalue weighted by Crippen LogP contribution is 2.25. The van der Waals surface area contributed by atoms with Crippen LogP contribution in [0.1, 0.15) is 32.1 Å². The molecule has 2 N–H and O–H groups in total. The molecule has 6 heteroatoms. The molecule has 1 aliphatic rings. The van der Waals surface area contributed by atoms with Gasteiger partial charge in [-0.05, 0) is 33.8 Å². The second kappa shape index (κ2) is 9.24. The first-order valence-corrected chi connectivity index (χ1v) is 9.92. The van der Waals surface area contributed by atoms with E-state index in [9.17, 15) is 0 Å². The molecule has 0 spiro atoms. The van der Waals surface area contributed by atoms with Gasteiger partial charge in [-0.25, -0.2) is 4.99 Å². The van der Waals surface area contributed by atoms with Gasteiger partial charge >= 0.3 is 0 Å².